The minimum absolute atomic E-state index is 0.233. The highest BCUT2D eigenvalue weighted by atomic mass is 32.2. The fraction of sp³-hybridized carbons (Fsp3) is 0.316. The van der Waals surface area contributed by atoms with E-state index in [0.717, 1.165) is 22.7 Å². The summed E-state index contributed by atoms with van der Waals surface area (Å²) < 4.78 is 29.8. The first-order valence-corrected chi connectivity index (χ1v) is 10.2. The molecule has 7 heteroatoms. The Kier molecular flexibility index (Phi) is 6.63. The fourth-order valence-corrected chi connectivity index (χ4v) is 2.78. The number of carbonyl (C=O) groups excluding carboxylic acids is 1. The average molecular weight is 376 g/mol. The number of hydrogen-bond donors (Lipinski definition) is 1. The molecule has 0 spiro atoms. The Morgan fingerprint density at radius 2 is 1.69 bits per heavy atom. The molecule has 1 N–H and O–H groups in total. The summed E-state index contributed by atoms with van der Waals surface area (Å²) in [5, 5.41) is 2.77. The monoisotopic (exact) mass is 376 g/mol. The number of ether oxygens (including phenoxy) is 1. The molecule has 0 aliphatic carbocycles. The predicted octanol–water partition coefficient (Wildman–Crippen LogP) is 2.45. The normalized spacial score (nSPS) is 11.0. The molecule has 0 radical (unpaired) electrons. The number of rotatable bonds is 8. The number of amides is 1. The quantitative estimate of drug-likeness (QED) is 0.718. The summed E-state index contributed by atoms with van der Waals surface area (Å²) in [6, 6.07) is 14.2. The van der Waals surface area contributed by atoms with Crippen LogP contribution in [0.25, 0.3) is 0 Å². The lowest BCUT2D eigenvalue weighted by Gasteiger charge is -2.16. The van der Waals surface area contributed by atoms with Crippen LogP contribution in [-0.2, 0) is 16.4 Å². The van der Waals surface area contributed by atoms with E-state index in [1.165, 1.54) is 12.6 Å². The Balaban J connectivity index is 1.82. The molecule has 26 heavy (non-hydrogen) atoms. The molecule has 2 aromatic carbocycles. The molecule has 0 saturated heterocycles. The number of nitrogens with one attached hydrogen (secondary N) is 1. The highest BCUT2D eigenvalue weighted by Crippen LogP contribution is 2.16. The topological polar surface area (TPSA) is 75.7 Å². The van der Waals surface area contributed by atoms with Crippen molar-refractivity contribution >= 4 is 21.6 Å². The van der Waals surface area contributed by atoms with Gasteiger partial charge in [0.1, 0.15) is 12.4 Å². The van der Waals surface area contributed by atoms with E-state index in [1.54, 1.807) is 24.3 Å². The van der Waals surface area contributed by atoms with Gasteiger partial charge in [-0.15, -0.1) is 0 Å². The first kappa shape index (κ1) is 19.8. The second-order valence-electron chi connectivity index (χ2n) is 5.88. The zero-order valence-electron chi connectivity index (χ0n) is 15.2. The first-order valence-electron chi connectivity index (χ1n) is 8.35. The Hall–Kier alpha value is -2.54. The molecule has 0 fully saturated rings. The van der Waals surface area contributed by atoms with Crippen LogP contribution < -0.4 is 14.4 Å². The Morgan fingerprint density at radius 3 is 2.23 bits per heavy atom. The number of carbonyl (C=O) groups is 1. The molecule has 1 amide bonds. The van der Waals surface area contributed by atoms with Gasteiger partial charge in [-0.3, -0.25) is 9.10 Å². The predicted molar refractivity (Wildman–Crippen MR) is 103 cm³/mol. The number of benzene rings is 2. The lowest BCUT2D eigenvalue weighted by molar-refractivity contribution is 0.0947. The van der Waals surface area contributed by atoms with Gasteiger partial charge in [0.25, 0.3) is 5.91 Å². The van der Waals surface area contributed by atoms with Gasteiger partial charge in [-0.25, -0.2) is 8.42 Å². The second kappa shape index (κ2) is 8.71. The van der Waals surface area contributed by atoms with Crippen molar-refractivity contribution in [1.82, 2.24) is 5.32 Å². The fourth-order valence-electron chi connectivity index (χ4n) is 2.27. The maximum Gasteiger partial charge on any atom is 0.251 e. The zero-order chi connectivity index (χ0) is 19.2. The molecule has 2 rings (SSSR count). The molecule has 0 aliphatic rings. The number of aryl methyl sites for hydroxylation is 1. The SMILES string of the molecule is CCc1ccc(OCCNC(=O)c2ccc(N(C)S(C)(=O)=O)cc2)cc1. The third-order valence-electron chi connectivity index (χ3n) is 3.98. The summed E-state index contributed by atoms with van der Waals surface area (Å²) in [5.41, 5.74) is 2.21. The van der Waals surface area contributed by atoms with E-state index in [-0.39, 0.29) is 5.91 Å². The Bertz CT molecular complexity index is 831. The first-order chi connectivity index (χ1) is 12.3. The van der Waals surface area contributed by atoms with Crippen molar-refractivity contribution < 1.29 is 17.9 Å². The lowest BCUT2D eigenvalue weighted by Crippen LogP contribution is -2.28. The van der Waals surface area contributed by atoms with Gasteiger partial charge in [-0.1, -0.05) is 19.1 Å². The summed E-state index contributed by atoms with van der Waals surface area (Å²) in [7, 11) is -1.85. The summed E-state index contributed by atoms with van der Waals surface area (Å²) in [6.45, 7) is 2.84. The molecular weight excluding hydrogens is 352 g/mol. The number of sulfonamides is 1. The van der Waals surface area contributed by atoms with Crippen molar-refractivity contribution in [3.63, 3.8) is 0 Å². The number of nitrogens with zero attached hydrogens (tertiary/aromatic N) is 1. The van der Waals surface area contributed by atoms with Crippen LogP contribution in [0.1, 0.15) is 22.8 Å². The Labute approximate surface area is 154 Å². The van der Waals surface area contributed by atoms with E-state index >= 15 is 0 Å². The second-order valence-corrected chi connectivity index (χ2v) is 7.89. The van der Waals surface area contributed by atoms with Gasteiger partial charge in [-0.2, -0.15) is 0 Å². The van der Waals surface area contributed by atoms with Crippen LogP contribution >= 0.6 is 0 Å². The van der Waals surface area contributed by atoms with Gasteiger partial charge in [0.15, 0.2) is 0 Å². The van der Waals surface area contributed by atoms with Crippen LogP contribution in [0.5, 0.6) is 5.75 Å². The van der Waals surface area contributed by atoms with Crippen LogP contribution in [0, 0.1) is 0 Å². The molecule has 0 heterocycles. The zero-order valence-corrected chi connectivity index (χ0v) is 16.0. The van der Waals surface area contributed by atoms with Gasteiger partial charge < -0.3 is 10.1 Å². The maximum atomic E-state index is 12.1. The largest absolute Gasteiger partial charge is 0.492 e. The van der Waals surface area contributed by atoms with E-state index in [1.807, 2.05) is 24.3 Å². The van der Waals surface area contributed by atoms with Gasteiger partial charge in [0.2, 0.25) is 10.0 Å². The Morgan fingerprint density at radius 1 is 1.08 bits per heavy atom. The van der Waals surface area contributed by atoms with Crippen LogP contribution in [0.2, 0.25) is 0 Å². The smallest absolute Gasteiger partial charge is 0.251 e. The molecule has 0 atom stereocenters. The number of anilines is 1. The van der Waals surface area contributed by atoms with Crippen molar-refractivity contribution in [3.05, 3.63) is 59.7 Å². The molecule has 0 unspecified atom stereocenters. The molecule has 140 valence electrons. The van der Waals surface area contributed by atoms with Crippen LogP contribution in [-0.4, -0.2) is 40.8 Å². The molecule has 0 aromatic heterocycles. The molecule has 0 bridgehead atoms. The summed E-state index contributed by atoms with van der Waals surface area (Å²) in [4.78, 5) is 12.1. The van der Waals surface area contributed by atoms with Crippen molar-refractivity contribution in [3.8, 4) is 5.75 Å². The molecule has 0 saturated carbocycles. The average Bonchev–Trinajstić information content (AvgIpc) is 2.64. The van der Waals surface area contributed by atoms with Gasteiger partial charge >= 0.3 is 0 Å². The van der Waals surface area contributed by atoms with E-state index in [9.17, 15) is 13.2 Å². The molecule has 0 aliphatic heterocycles. The van der Waals surface area contributed by atoms with Crippen molar-refractivity contribution in [2.45, 2.75) is 13.3 Å². The minimum atomic E-state index is -3.32. The molecular formula is C19H24N2O4S. The number of hydrogen-bond acceptors (Lipinski definition) is 4. The molecule has 2 aromatic rings. The maximum absolute atomic E-state index is 12.1. The van der Waals surface area contributed by atoms with Gasteiger partial charge in [0.05, 0.1) is 18.5 Å². The van der Waals surface area contributed by atoms with Gasteiger partial charge in [0, 0.05) is 12.6 Å². The van der Waals surface area contributed by atoms with Crippen molar-refractivity contribution in [2.75, 3.05) is 30.8 Å². The van der Waals surface area contributed by atoms with E-state index < -0.39 is 10.0 Å². The third kappa shape index (κ3) is 5.49. The third-order valence-corrected chi connectivity index (χ3v) is 5.18. The lowest BCUT2D eigenvalue weighted by atomic mass is 10.2. The van der Waals surface area contributed by atoms with Crippen molar-refractivity contribution in [1.29, 1.82) is 0 Å². The van der Waals surface area contributed by atoms with Crippen LogP contribution in [0.15, 0.2) is 48.5 Å². The van der Waals surface area contributed by atoms with Crippen LogP contribution in [0.4, 0.5) is 5.69 Å². The van der Waals surface area contributed by atoms with Crippen molar-refractivity contribution in [2.24, 2.45) is 0 Å². The van der Waals surface area contributed by atoms with E-state index in [2.05, 4.69) is 12.2 Å². The van der Waals surface area contributed by atoms with E-state index in [0.29, 0.717) is 24.4 Å². The highest BCUT2D eigenvalue weighted by Gasteiger charge is 2.12. The summed E-state index contributed by atoms with van der Waals surface area (Å²) in [5.74, 6) is 0.535. The van der Waals surface area contributed by atoms with Crippen LogP contribution in [0.3, 0.4) is 0 Å². The minimum Gasteiger partial charge on any atom is -0.492 e. The summed E-state index contributed by atoms with van der Waals surface area (Å²) in [6.07, 6.45) is 2.11. The van der Waals surface area contributed by atoms with E-state index in [4.69, 9.17) is 4.74 Å². The van der Waals surface area contributed by atoms with Gasteiger partial charge in [-0.05, 0) is 48.4 Å². The highest BCUT2D eigenvalue weighted by molar-refractivity contribution is 7.92. The summed E-state index contributed by atoms with van der Waals surface area (Å²) >= 11 is 0. The molecule has 6 nitrogen and oxygen atoms in total. The standard InChI is InChI=1S/C19H24N2O4S/c1-4-15-5-11-18(12-6-15)25-14-13-20-19(22)16-7-9-17(10-8-16)21(2)26(3,23)24/h5-12H,4,13-14H2,1-3H3,(H,20,22).